The van der Waals surface area contributed by atoms with E-state index in [4.69, 9.17) is 22.8 Å². The first kappa shape index (κ1) is 16.1. The number of fused-ring (bicyclic) bond motifs is 4. The summed E-state index contributed by atoms with van der Waals surface area (Å²) in [6.45, 7) is 0. The maximum absolute atomic E-state index is 9.21. The summed E-state index contributed by atoms with van der Waals surface area (Å²) in [4.78, 5) is 9.51. The second kappa shape index (κ2) is 11.5. The predicted molar refractivity (Wildman–Crippen MR) is 200 cm³/mol. The third-order valence-electron chi connectivity index (χ3n) is 8.01. The molecule has 0 unspecified atom stereocenters. The summed E-state index contributed by atoms with van der Waals surface area (Å²) >= 11 is 0.739. The Morgan fingerprint density at radius 3 is 1.70 bits per heavy atom. The van der Waals surface area contributed by atoms with Crippen LogP contribution in [0.5, 0.6) is 0 Å². The Kier molecular flexibility index (Phi) is 3.93. The van der Waals surface area contributed by atoms with E-state index in [0.29, 0.717) is 38.6 Å². The Morgan fingerprint density at radius 1 is 0.468 bits per heavy atom. The van der Waals surface area contributed by atoms with Crippen LogP contribution in [0, 0.1) is 0 Å². The highest BCUT2D eigenvalue weighted by atomic mass is 32.1. The SMILES string of the molecule is [2H]c1c([2H])c([2H])c(-c2sc(-c3c([2H])c([2H])c([2H])c([2H])c3[2H])c(-c3ccc(-c4ccc5ccc6cccnc6c5n4)c4ccccc34)c2-c2c([2H])c([2H])c([2H])c([2H])c2[2H])c([2H])c1[2H]. The van der Waals surface area contributed by atoms with Crippen molar-refractivity contribution in [2.75, 3.05) is 0 Å². The average molecular weight is 632 g/mol. The molecule has 220 valence electrons. The van der Waals surface area contributed by atoms with E-state index in [1.807, 2.05) is 48.5 Å². The molecule has 47 heavy (non-hydrogen) atoms. The lowest BCUT2D eigenvalue weighted by Crippen LogP contribution is -1.92. The van der Waals surface area contributed by atoms with Crippen LogP contribution in [0.25, 0.3) is 87.0 Å². The minimum Gasteiger partial charge on any atom is -0.254 e. The Bertz CT molecular complexity index is 3350. The second-order valence-electron chi connectivity index (χ2n) is 10.6. The van der Waals surface area contributed by atoms with E-state index in [1.165, 1.54) is 0 Å². The van der Waals surface area contributed by atoms with Crippen LogP contribution >= 0.6 is 11.3 Å². The van der Waals surface area contributed by atoms with Gasteiger partial charge in [0, 0.05) is 43.4 Å². The van der Waals surface area contributed by atoms with Crippen molar-refractivity contribution in [1.29, 1.82) is 0 Å². The summed E-state index contributed by atoms with van der Waals surface area (Å²) in [7, 11) is 0. The van der Waals surface area contributed by atoms with Gasteiger partial charge in [-0.25, -0.2) is 4.98 Å². The summed E-state index contributed by atoms with van der Waals surface area (Å²) in [5.74, 6) is 0. The van der Waals surface area contributed by atoms with Crippen LogP contribution in [0.2, 0.25) is 0 Å². The van der Waals surface area contributed by atoms with E-state index in [-0.39, 0.29) is 37.6 Å². The van der Waals surface area contributed by atoms with Crippen molar-refractivity contribution >= 4 is 43.9 Å². The van der Waals surface area contributed by atoms with Gasteiger partial charge in [-0.1, -0.05) is 151 Å². The zero-order chi connectivity index (χ0) is 44.2. The van der Waals surface area contributed by atoms with E-state index in [2.05, 4.69) is 4.98 Å². The maximum Gasteiger partial charge on any atom is 0.0972 e. The quantitative estimate of drug-likeness (QED) is 0.177. The highest BCUT2D eigenvalue weighted by Gasteiger charge is 2.25. The van der Waals surface area contributed by atoms with Crippen LogP contribution in [-0.2, 0) is 0 Å². The molecule has 0 aliphatic heterocycles. The topological polar surface area (TPSA) is 25.8 Å². The van der Waals surface area contributed by atoms with Gasteiger partial charge in [0.2, 0.25) is 0 Å². The number of rotatable bonds is 5. The zero-order valence-electron chi connectivity index (χ0n) is 39.3. The number of hydrogen-bond donors (Lipinski definition) is 0. The number of thiophene rings is 1. The van der Waals surface area contributed by atoms with Gasteiger partial charge in [0.1, 0.15) is 0 Å². The largest absolute Gasteiger partial charge is 0.254 e. The number of aromatic nitrogens is 2. The molecular formula is C44H28N2S. The van der Waals surface area contributed by atoms with Gasteiger partial charge in [0.05, 0.1) is 37.3 Å². The van der Waals surface area contributed by atoms with Crippen LogP contribution < -0.4 is 0 Å². The molecule has 0 radical (unpaired) electrons. The van der Waals surface area contributed by atoms with Gasteiger partial charge in [-0.2, -0.15) is 0 Å². The first-order chi connectivity index (χ1) is 29.5. The van der Waals surface area contributed by atoms with E-state index in [9.17, 15) is 2.74 Å². The summed E-state index contributed by atoms with van der Waals surface area (Å²) in [5, 5.41) is 2.93. The molecule has 0 bridgehead atoms. The first-order valence-corrected chi connectivity index (χ1v) is 15.4. The fraction of sp³-hybridized carbons (Fsp3) is 0. The summed E-state index contributed by atoms with van der Waals surface area (Å²) < 4.78 is 132. The molecule has 0 aliphatic carbocycles. The molecule has 0 saturated heterocycles. The van der Waals surface area contributed by atoms with Crippen LogP contribution in [0.15, 0.2) is 170 Å². The molecular weight excluding hydrogens is 589 g/mol. The van der Waals surface area contributed by atoms with Gasteiger partial charge in [-0.05, 0) is 45.2 Å². The highest BCUT2D eigenvalue weighted by molar-refractivity contribution is 7.20. The lowest BCUT2D eigenvalue weighted by atomic mass is 9.87. The molecule has 0 spiro atoms. The van der Waals surface area contributed by atoms with Crippen molar-refractivity contribution in [3.8, 4) is 54.4 Å². The monoisotopic (exact) mass is 631 g/mol. The smallest absolute Gasteiger partial charge is 0.0972 e. The normalized spacial score (nSPS) is 15.9. The third kappa shape index (κ3) is 4.72. The summed E-state index contributed by atoms with van der Waals surface area (Å²) in [6.07, 6.45) is 1.69. The van der Waals surface area contributed by atoms with Crippen LogP contribution in [0.1, 0.15) is 20.6 Å². The van der Waals surface area contributed by atoms with Crippen LogP contribution in [0.4, 0.5) is 0 Å². The van der Waals surface area contributed by atoms with E-state index in [0.717, 1.165) is 22.1 Å². The highest BCUT2D eigenvalue weighted by Crippen LogP contribution is 2.53. The minimum atomic E-state index is -0.709. The number of benzene rings is 6. The van der Waals surface area contributed by atoms with Crippen molar-refractivity contribution in [2.24, 2.45) is 0 Å². The Hall–Kier alpha value is -5.90. The number of nitrogens with zero attached hydrogens (tertiary/aromatic N) is 2. The number of pyridine rings is 2. The summed E-state index contributed by atoms with van der Waals surface area (Å²) in [6, 6.07) is 12.1. The molecule has 6 aromatic carbocycles. The molecule has 3 heterocycles. The number of hydrogen-bond acceptors (Lipinski definition) is 3. The van der Waals surface area contributed by atoms with Crippen molar-refractivity contribution < 1.29 is 20.6 Å². The van der Waals surface area contributed by atoms with Crippen LogP contribution in [-0.4, -0.2) is 9.97 Å². The molecule has 9 rings (SSSR count). The van der Waals surface area contributed by atoms with Gasteiger partial charge in [0.15, 0.2) is 0 Å². The van der Waals surface area contributed by atoms with Gasteiger partial charge in [0.25, 0.3) is 0 Å². The Labute approximate surface area is 298 Å². The van der Waals surface area contributed by atoms with Crippen molar-refractivity contribution in [1.82, 2.24) is 9.97 Å². The average Bonchev–Trinajstić information content (AvgIpc) is 3.65. The fourth-order valence-electron chi connectivity index (χ4n) is 5.99. The third-order valence-corrected chi connectivity index (χ3v) is 9.24. The molecule has 2 nitrogen and oxygen atoms in total. The van der Waals surface area contributed by atoms with E-state index >= 15 is 0 Å². The van der Waals surface area contributed by atoms with E-state index < -0.39 is 90.6 Å². The molecule has 3 heteroatoms. The molecule has 0 aliphatic rings. The first-order valence-electron chi connectivity index (χ1n) is 22.1. The van der Waals surface area contributed by atoms with Crippen molar-refractivity contribution in [2.45, 2.75) is 0 Å². The molecule has 0 fully saturated rings. The Morgan fingerprint density at radius 2 is 1.02 bits per heavy atom. The molecule has 9 aromatic rings. The Balaban J connectivity index is 1.48. The summed E-state index contributed by atoms with van der Waals surface area (Å²) in [5.41, 5.74) is 1.82. The minimum absolute atomic E-state index is 0.0232. The molecule has 3 aromatic heterocycles. The zero-order valence-corrected chi connectivity index (χ0v) is 25.1. The van der Waals surface area contributed by atoms with Crippen molar-refractivity contribution in [3.63, 3.8) is 0 Å². The van der Waals surface area contributed by atoms with Gasteiger partial charge < -0.3 is 0 Å². The van der Waals surface area contributed by atoms with Crippen molar-refractivity contribution in [3.05, 3.63) is 170 Å². The standard InChI is InChI=1S/C44H28N2S/c1-4-13-29(14-5-1)39-40(44(33-17-8-3-9-18-33)47-43(39)32-15-6-2-7-16-32)37-26-25-36(34-20-10-11-21-35(34)37)38-27-24-31-23-22-30-19-12-28-45-41(30)42(31)46-38/h1-28H/i1D,2D,3D,4D,5D,6D,7D,8D,9D,13D,14D,15D,16D,17D,18D. The lowest BCUT2D eigenvalue weighted by Gasteiger charge is -2.16. The van der Waals surface area contributed by atoms with E-state index in [1.54, 1.807) is 30.5 Å². The van der Waals surface area contributed by atoms with Gasteiger partial charge in [-0.15, -0.1) is 11.3 Å². The predicted octanol–water partition coefficient (Wildman–Crippen LogP) is 12.3. The van der Waals surface area contributed by atoms with Crippen LogP contribution in [0.3, 0.4) is 0 Å². The molecule has 0 amide bonds. The maximum atomic E-state index is 9.21. The van der Waals surface area contributed by atoms with Gasteiger partial charge >= 0.3 is 0 Å². The lowest BCUT2D eigenvalue weighted by molar-refractivity contribution is 1.37. The fourth-order valence-corrected chi connectivity index (χ4v) is 7.23. The molecule has 0 N–H and O–H groups in total. The molecule has 0 atom stereocenters. The van der Waals surface area contributed by atoms with Gasteiger partial charge in [-0.3, -0.25) is 4.98 Å². The second-order valence-corrected chi connectivity index (χ2v) is 11.6. The molecule has 0 saturated carbocycles.